The van der Waals surface area contributed by atoms with Crippen LogP contribution >= 0.6 is 0 Å². The van der Waals surface area contributed by atoms with E-state index in [1.807, 2.05) is 0 Å². The van der Waals surface area contributed by atoms with Gasteiger partial charge in [0.05, 0.1) is 0 Å². The number of piperidine rings is 1. The van der Waals surface area contributed by atoms with Crippen molar-refractivity contribution in [3.05, 3.63) is 0 Å². The number of nitrogens with one attached hydrogen (secondary N) is 1. The molecule has 0 bridgehead atoms. The molecule has 0 radical (unpaired) electrons. The Morgan fingerprint density at radius 3 is 2.09 bits per heavy atom. The second kappa shape index (κ2) is 7.52. The van der Waals surface area contributed by atoms with Crippen LogP contribution in [0.1, 0.15) is 53.9 Å². The molecule has 2 rings (SSSR count). The molecule has 0 atom stereocenters. The van der Waals surface area contributed by atoms with Gasteiger partial charge in [0.1, 0.15) is 0 Å². The van der Waals surface area contributed by atoms with Crippen molar-refractivity contribution in [1.29, 1.82) is 0 Å². The molecule has 2 aliphatic heterocycles. The number of carbonyl (C=O) groups excluding carboxylic acids is 1. The molecule has 0 unspecified atom stereocenters. The van der Waals surface area contributed by atoms with Gasteiger partial charge < -0.3 is 15.1 Å². The topological polar surface area (TPSA) is 35.6 Å². The fourth-order valence-electron chi connectivity index (χ4n) is 4.41. The standard InChI is InChI=1S/C19H37N3O/c1-18(2,3)15-19(4,5)17(23)22-10-6-16(7-11-22)14-21-12-8-20-9-13-21/h16,20H,6-15H2,1-5H3. The smallest absolute Gasteiger partial charge is 0.228 e. The van der Waals surface area contributed by atoms with Crippen LogP contribution in [-0.2, 0) is 4.79 Å². The van der Waals surface area contributed by atoms with E-state index in [1.165, 1.54) is 32.5 Å². The van der Waals surface area contributed by atoms with E-state index in [2.05, 4.69) is 49.7 Å². The van der Waals surface area contributed by atoms with Crippen molar-refractivity contribution in [2.75, 3.05) is 45.8 Å². The van der Waals surface area contributed by atoms with Gasteiger partial charge in [0.15, 0.2) is 0 Å². The fourth-order valence-corrected chi connectivity index (χ4v) is 4.41. The van der Waals surface area contributed by atoms with Crippen LogP contribution in [0.3, 0.4) is 0 Å². The van der Waals surface area contributed by atoms with E-state index in [4.69, 9.17) is 0 Å². The molecule has 4 heteroatoms. The van der Waals surface area contributed by atoms with Gasteiger partial charge in [-0.3, -0.25) is 4.79 Å². The van der Waals surface area contributed by atoms with Gasteiger partial charge in [-0.2, -0.15) is 0 Å². The van der Waals surface area contributed by atoms with E-state index < -0.39 is 0 Å². The molecule has 0 aromatic rings. The third kappa shape index (κ3) is 5.75. The Kier molecular flexibility index (Phi) is 6.12. The average molecular weight is 324 g/mol. The number of likely N-dealkylation sites (tertiary alicyclic amines) is 1. The molecule has 0 aromatic carbocycles. The van der Waals surface area contributed by atoms with Crippen molar-refractivity contribution in [1.82, 2.24) is 15.1 Å². The van der Waals surface area contributed by atoms with Gasteiger partial charge >= 0.3 is 0 Å². The summed E-state index contributed by atoms with van der Waals surface area (Å²) in [6.07, 6.45) is 3.28. The summed E-state index contributed by atoms with van der Waals surface area (Å²) < 4.78 is 0. The van der Waals surface area contributed by atoms with Crippen LogP contribution in [0.25, 0.3) is 0 Å². The zero-order chi connectivity index (χ0) is 17.1. The summed E-state index contributed by atoms with van der Waals surface area (Å²) in [5.74, 6) is 1.12. The van der Waals surface area contributed by atoms with Gasteiger partial charge in [0.2, 0.25) is 5.91 Å². The first-order chi connectivity index (χ1) is 10.7. The summed E-state index contributed by atoms with van der Waals surface area (Å²) in [6, 6.07) is 0. The summed E-state index contributed by atoms with van der Waals surface area (Å²) in [5.41, 5.74) is -0.0522. The monoisotopic (exact) mass is 323 g/mol. The quantitative estimate of drug-likeness (QED) is 0.864. The Morgan fingerprint density at radius 1 is 1.00 bits per heavy atom. The maximum absolute atomic E-state index is 12.9. The van der Waals surface area contributed by atoms with E-state index in [-0.39, 0.29) is 10.8 Å². The summed E-state index contributed by atoms with van der Waals surface area (Å²) in [5, 5.41) is 3.41. The first kappa shape index (κ1) is 18.7. The molecule has 4 nitrogen and oxygen atoms in total. The van der Waals surface area contributed by atoms with Gasteiger partial charge in [-0.15, -0.1) is 0 Å². The lowest BCUT2D eigenvalue weighted by atomic mass is 9.75. The third-order valence-corrected chi connectivity index (χ3v) is 5.18. The number of hydrogen-bond donors (Lipinski definition) is 1. The first-order valence-electron chi connectivity index (χ1n) is 9.40. The summed E-state index contributed by atoms with van der Waals surface area (Å²) in [4.78, 5) is 17.6. The Bertz CT molecular complexity index is 386. The predicted octanol–water partition coefficient (Wildman–Crippen LogP) is 2.59. The first-order valence-corrected chi connectivity index (χ1v) is 9.40. The van der Waals surface area contributed by atoms with Gasteiger partial charge in [-0.05, 0) is 30.6 Å². The van der Waals surface area contributed by atoms with Crippen LogP contribution in [-0.4, -0.2) is 61.5 Å². The highest BCUT2D eigenvalue weighted by Crippen LogP contribution is 2.35. The zero-order valence-electron chi connectivity index (χ0n) is 16.0. The second-order valence-corrected chi connectivity index (χ2v) is 9.41. The molecule has 0 aromatic heterocycles. The van der Waals surface area contributed by atoms with Crippen molar-refractivity contribution >= 4 is 5.91 Å². The summed E-state index contributed by atoms with van der Waals surface area (Å²) >= 11 is 0. The van der Waals surface area contributed by atoms with E-state index in [1.54, 1.807) is 0 Å². The Labute approximate surface area is 143 Å². The number of amides is 1. The van der Waals surface area contributed by atoms with E-state index in [9.17, 15) is 4.79 Å². The number of rotatable bonds is 4. The minimum absolute atomic E-state index is 0.194. The molecule has 2 aliphatic rings. The third-order valence-electron chi connectivity index (χ3n) is 5.18. The molecule has 2 saturated heterocycles. The largest absolute Gasteiger partial charge is 0.342 e. The number of hydrogen-bond acceptors (Lipinski definition) is 3. The molecule has 0 saturated carbocycles. The molecular weight excluding hydrogens is 286 g/mol. The lowest BCUT2D eigenvalue weighted by molar-refractivity contribution is -0.143. The highest BCUT2D eigenvalue weighted by molar-refractivity contribution is 5.82. The normalized spacial score (nSPS) is 22.4. The van der Waals surface area contributed by atoms with Crippen LogP contribution in [0.15, 0.2) is 0 Å². The number of carbonyl (C=O) groups is 1. The van der Waals surface area contributed by atoms with Crippen LogP contribution in [0, 0.1) is 16.7 Å². The van der Waals surface area contributed by atoms with Crippen molar-refractivity contribution in [2.45, 2.75) is 53.9 Å². The van der Waals surface area contributed by atoms with Crippen LogP contribution in [0.2, 0.25) is 0 Å². The second-order valence-electron chi connectivity index (χ2n) is 9.41. The van der Waals surface area contributed by atoms with Crippen LogP contribution in [0.4, 0.5) is 0 Å². The van der Waals surface area contributed by atoms with Crippen LogP contribution < -0.4 is 5.32 Å². The Morgan fingerprint density at radius 2 is 1.57 bits per heavy atom. The van der Waals surface area contributed by atoms with Crippen molar-refractivity contribution in [2.24, 2.45) is 16.7 Å². The molecule has 0 spiro atoms. The van der Waals surface area contributed by atoms with Gasteiger partial charge in [0.25, 0.3) is 0 Å². The van der Waals surface area contributed by atoms with E-state index in [0.717, 1.165) is 38.5 Å². The Hall–Kier alpha value is -0.610. The summed E-state index contributed by atoms with van der Waals surface area (Å²) in [7, 11) is 0. The minimum Gasteiger partial charge on any atom is -0.342 e. The van der Waals surface area contributed by atoms with Crippen molar-refractivity contribution in [3.8, 4) is 0 Å². The molecular formula is C19H37N3O. The van der Waals surface area contributed by atoms with Gasteiger partial charge in [0, 0.05) is 51.2 Å². The number of piperazine rings is 1. The fraction of sp³-hybridized carbons (Fsp3) is 0.947. The van der Waals surface area contributed by atoms with Crippen molar-refractivity contribution < 1.29 is 4.79 Å². The van der Waals surface area contributed by atoms with E-state index in [0.29, 0.717) is 5.91 Å². The minimum atomic E-state index is -0.246. The highest BCUT2D eigenvalue weighted by Gasteiger charge is 2.37. The lowest BCUT2D eigenvalue weighted by Crippen LogP contribution is -2.49. The maximum atomic E-state index is 12.9. The SMILES string of the molecule is CC(C)(C)CC(C)(C)C(=O)N1CCC(CN2CCNCC2)CC1. The molecule has 134 valence electrons. The molecule has 1 N–H and O–H groups in total. The highest BCUT2D eigenvalue weighted by atomic mass is 16.2. The maximum Gasteiger partial charge on any atom is 0.228 e. The van der Waals surface area contributed by atoms with Crippen LogP contribution in [0.5, 0.6) is 0 Å². The number of nitrogens with zero attached hydrogens (tertiary/aromatic N) is 2. The predicted molar refractivity (Wildman–Crippen MR) is 96.5 cm³/mol. The molecule has 0 aliphatic carbocycles. The lowest BCUT2D eigenvalue weighted by Gasteiger charge is -2.40. The average Bonchev–Trinajstić information content (AvgIpc) is 2.46. The molecule has 2 heterocycles. The van der Waals surface area contributed by atoms with Crippen molar-refractivity contribution in [3.63, 3.8) is 0 Å². The molecule has 1 amide bonds. The van der Waals surface area contributed by atoms with E-state index >= 15 is 0 Å². The zero-order valence-corrected chi connectivity index (χ0v) is 16.0. The van der Waals surface area contributed by atoms with Gasteiger partial charge in [-0.25, -0.2) is 0 Å². The van der Waals surface area contributed by atoms with Gasteiger partial charge in [-0.1, -0.05) is 34.6 Å². The molecule has 2 fully saturated rings. The summed E-state index contributed by atoms with van der Waals surface area (Å²) in [6.45, 7) is 18.6. The Balaban J connectivity index is 1.80. The molecule has 23 heavy (non-hydrogen) atoms.